The van der Waals surface area contributed by atoms with Gasteiger partial charge in [0.2, 0.25) is 0 Å². The van der Waals surface area contributed by atoms with E-state index in [1.807, 2.05) is 45.0 Å². The summed E-state index contributed by atoms with van der Waals surface area (Å²) >= 11 is 3.44. The van der Waals surface area contributed by atoms with Gasteiger partial charge in [-0.2, -0.15) is 0 Å². The standard InChI is InChI=1S/C16H22BrNO3/c1-16(2,3)21-15(19)18(12-8-9-12)10-11-20-14-7-5-4-6-13(14)17/h4-7,12H,8-11H2,1-3H3. The SMILES string of the molecule is CC(C)(C)OC(=O)N(CCOc1ccccc1Br)C1CC1. The van der Waals surface area contributed by atoms with Gasteiger partial charge < -0.3 is 14.4 Å². The monoisotopic (exact) mass is 355 g/mol. The van der Waals surface area contributed by atoms with Crippen molar-refractivity contribution < 1.29 is 14.3 Å². The molecule has 116 valence electrons. The van der Waals surface area contributed by atoms with Gasteiger partial charge in [0, 0.05) is 6.04 Å². The Morgan fingerprint density at radius 1 is 1.33 bits per heavy atom. The predicted octanol–water partition coefficient (Wildman–Crippen LogP) is 4.23. The van der Waals surface area contributed by atoms with Gasteiger partial charge in [-0.1, -0.05) is 12.1 Å². The Labute approximate surface area is 134 Å². The number of hydrogen-bond donors (Lipinski definition) is 0. The van der Waals surface area contributed by atoms with E-state index in [9.17, 15) is 4.79 Å². The quantitative estimate of drug-likeness (QED) is 0.793. The summed E-state index contributed by atoms with van der Waals surface area (Å²) < 4.78 is 12.1. The maximum atomic E-state index is 12.2. The van der Waals surface area contributed by atoms with Crippen LogP contribution in [-0.2, 0) is 4.74 Å². The summed E-state index contributed by atoms with van der Waals surface area (Å²) in [6, 6.07) is 8.00. The van der Waals surface area contributed by atoms with E-state index in [0.29, 0.717) is 19.2 Å². The maximum absolute atomic E-state index is 12.2. The number of hydrogen-bond acceptors (Lipinski definition) is 3. The number of carbonyl (C=O) groups is 1. The number of ether oxygens (including phenoxy) is 2. The molecule has 1 amide bonds. The van der Waals surface area contributed by atoms with E-state index in [4.69, 9.17) is 9.47 Å². The van der Waals surface area contributed by atoms with Crippen molar-refractivity contribution in [3.8, 4) is 5.75 Å². The van der Waals surface area contributed by atoms with Crippen molar-refractivity contribution in [1.82, 2.24) is 4.90 Å². The Morgan fingerprint density at radius 3 is 2.57 bits per heavy atom. The fraction of sp³-hybridized carbons (Fsp3) is 0.562. The minimum absolute atomic E-state index is 0.249. The van der Waals surface area contributed by atoms with Crippen LogP contribution in [0.15, 0.2) is 28.7 Å². The molecule has 5 heteroatoms. The van der Waals surface area contributed by atoms with Crippen molar-refractivity contribution in [2.45, 2.75) is 45.3 Å². The Balaban J connectivity index is 1.86. The first-order valence-corrected chi connectivity index (χ1v) is 8.03. The molecule has 1 fully saturated rings. The van der Waals surface area contributed by atoms with Crippen molar-refractivity contribution in [2.75, 3.05) is 13.2 Å². The first-order valence-electron chi connectivity index (χ1n) is 7.24. The summed E-state index contributed by atoms with van der Waals surface area (Å²) in [7, 11) is 0. The van der Waals surface area contributed by atoms with E-state index < -0.39 is 5.60 Å². The van der Waals surface area contributed by atoms with Crippen LogP contribution in [0.25, 0.3) is 0 Å². The molecule has 4 nitrogen and oxygen atoms in total. The van der Waals surface area contributed by atoms with E-state index in [1.165, 1.54) is 0 Å². The first-order chi connectivity index (χ1) is 9.87. The number of nitrogens with zero attached hydrogens (tertiary/aromatic N) is 1. The van der Waals surface area contributed by atoms with Gasteiger partial charge in [0.15, 0.2) is 0 Å². The van der Waals surface area contributed by atoms with Gasteiger partial charge in [0.1, 0.15) is 18.0 Å². The average Bonchev–Trinajstić information content (AvgIpc) is 3.18. The van der Waals surface area contributed by atoms with E-state index in [1.54, 1.807) is 4.90 Å². The molecule has 0 heterocycles. The molecule has 1 aromatic carbocycles. The zero-order chi connectivity index (χ0) is 15.5. The average molecular weight is 356 g/mol. The van der Waals surface area contributed by atoms with Crippen LogP contribution < -0.4 is 4.74 Å². The van der Waals surface area contributed by atoms with E-state index in [-0.39, 0.29) is 6.09 Å². The molecule has 0 saturated heterocycles. The number of benzene rings is 1. The minimum Gasteiger partial charge on any atom is -0.491 e. The van der Waals surface area contributed by atoms with Crippen LogP contribution >= 0.6 is 15.9 Å². The number of amides is 1. The third-order valence-electron chi connectivity index (χ3n) is 3.04. The molecule has 0 aliphatic heterocycles. The predicted molar refractivity (Wildman–Crippen MR) is 85.6 cm³/mol. The lowest BCUT2D eigenvalue weighted by Crippen LogP contribution is -2.40. The lowest BCUT2D eigenvalue weighted by Gasteiger charge is -2.27. The van der Waals surface area contributed by atoms with Gasteiger partial charge in [0.05, 0.1) is 11.0 Å². The minimum atomic E-state index is -0.465. The highest BCUT2D eigenvalue weighted by Crippen LogP contribution is 2.29. The molecule has 0 N–H and O–H groups in total. The topological polar surface area (TPSA) is 38.8 Å². The zero-order valence-corrected chi connectivity index (χ0v) is 14.4. The van der Waals surface area contributed by atoms with E-state index in [0.717, 1.165) is 23.1 Å². The Morgan fingerprint density at radius 2 is 2.00 bits per heavy atom. The van der Waals surface area contributed by atoms with Gasteiger partial charge in [0.25, 0.3) is 0 Å². The van der Waals surface area contributed by atoms with Crippen LogP contribution in [0.3, 0.4) is 0 Å². The van der Waals surface area contributed by atoms with Crippen LogP contribution in [0, 0.1) is 0 Å². The molecule has 1 saturated carbocycles. The van der Waals surface area contributed by atoms with Crippen molar-refractivity contribution in [3.63, 3.8) is 0 Å². The van der Waals surface area contributed by atoms with Gasteiger partial charge in [-0.25, -0.2) is 4.79 Å². The molecule has 1 aliphatic carbocycles. The summed E-state index contributed by atoms with van der Waals surface area (Å²) in [5, 5.41) is 0. The second-order valence-corrected chi connectivity index (χ2v) is 7.04. The van der Waals surface area contributed by atoms with Crippen molar-refractivity contribution in [1.29, 1.82) is 0 Å². The highest BCUT2D eigenvalue weighted by atomic mass is 79.9. The smallest absolute Gasteiger partial charge is 0.410 e. The molecule has 0 spiro atoms. The number of rotatable bonds is 5. The molecular formula is C16H22BrNO3. The van der Waals surface area contributed by atoms with Crippen molar-refractivity contribution in [2.24, 2.45) is 0 Å². The largest absolute Gasteiger partial charge is 0.491 e. The summed E-state index contributed by atoms with van der Waals surface area (Å²) in [5.74, 6) is 0.789. The lowest BCUT2D eigenvalue weighted by atomic mass is 10.2. The van der Waals surface area contributed by atoms with Gasteiger partial charge in [-0.15, -0.1) is 0 Å². The van der Waals surface area contributed by atoms with Crippen LogP contribution in [0.1, 0.15) is 33.6 Å². The lowest BCUT2D eigenvalue weighted by molar-refractivity contribution is 0.0209. The van der Waals surface area contributed by atoms with Crippen LogP contribution in [0.4, 0.5) is 4.79 Å². The first kappa shape index (κ1) is 16.1. The molecule has 0 aromatic heterocycles. The molecule has 0 atom stereocenters. The maximum Gasteiger partial charge on any atom is 0.410 e. The normalized spacial score (nSPS) is 14.7. The Hall–Kier alpha value is -1.23. The Kier molecular flexibility index (Phi) is 5.14. The molecule has 1 aliphatic rings. The van der Waals surface area contributed by atoms with Crippen molar-refractivity contribution in [3.05, 3.63) is 28.7 Å². The molecule has 2 rings (SSSR count). The van der Waals surface area contributed by atoms with Crippen LogP contribution in [0.2, 0.25) is 0 Å². The highest BCUT2D eigenvalue weighted by Gasteiger charge is 2.35. The molecule has 21 heavy (non-hydrogen) atoms. The molecule has 0 radical (unpaired) electrons. The fourth-order valence-electron chi connectivity index (χ4n) is 1.95. The highest BCUT2D eigenvalue weighted by molar-refractivity contribution is 9.10. The second-order valence-electron chi connectivity index (χ2n) is 6.18. The Bertz CT molecular complexity index is 495. The molecule has 1 aromatic rings. The number of halogens is 1. The summed E-state index contributed by atoms with van der Waals surface area (Å²) in [4.78, 5) is 14.0. The molecule has 0 bridgehead atoms. The zero-order valence-electron chi connectivity index (χ0n) is 12.8. The number of carbonyl (C=O) groups excluding carboxylic acids is 1. The molecule has 0 unspecified atom stereocenters. The fourth-order valence-corrected chi connectivity index (χ4v) is 2.34. The van der Waals surface area contributed by atoms with Crippen LogP contribution in [0.5, 0.6) is 5.75 Å². The van der Waals surface area contributed by atoms with Crippen molar-refractivity contribution >= 4 is 22.0 Å². The van der Waals surface area contributed by atoms with Gasteiger partial charge in [-0.3, -0.25) is 0 Å². The van der Waals surface area contributed by atoms with Gasteiger partial charge in [-0.05, 0) is 61.7 Å². The summed E-state index contributed by atoms with van der Waals surface area (Å²) in [6.45, 7) is 6.65. The molecular weight excluding hydrogens is 334 g/mol. The summed E-state index contributed by atoms with van der Waals surface area (Å²) in [5.41, 5.74) is -0.465. The number of para-hydroxylation sites is 1. The third kappa shape index (κ3) is 5.23. The van der Waals surface area contributed by atoms with Gasteiger partial charge >= 0.3 is 6.09 Å². The van der Waals surface area contributed by atoms with Crippen LogP contribution in [-0.4, -0.2) is 35.8 Å². The summed E-state index contributed by atoms with van der Waals surface area (Å²) in [6.07, 6.45) is 1.85. The van der Waals surface area contributed by atoms with E-state index in [2.05, 4.69) is 15.9 Å². The third-order valence-corrected chi connectivity index (χ3v) is 3.70. The second kappa shape index (κ2) is 6.69. The van der Waals surface area contributed by atoms with E-state index >= 15 is 0 Å².